The Hall–Kier alpha value is -3.44. The van der Waals surface area contributed by atoms with Gasteiger partial charge in [0.25, 0.3) is 0 Å². The molecule has 1 fully saturated rings. The van der Waals surface area contributed by atoms with E-state index in [1.54, 1.807) is 0 Å². The Morgan fingerprint density at radius 3 is 2.34 bits per heavy atom. The van der Waals surface area contributed by atoms with Crippen LogP contribution < -0.4 is 10.2 Å². The van der Waals surface area contributed by atoms with Gasteiger partial charge in [-0.05, 0) is 92.1 Å². The highest BCUT2D eigenvalue weighted by Gasteiger charge is 2.42. The molecule has 0 radical (unpaired) electrons. The zero-order chi connectivity index (χ0) is 22.2. The molecule has 2 atom stereocenters. The largest absolute Gasteiger partial charge is 0.351 e. The molecule has 0 aliphatic carbocycles. The summed E-state index contributed by atoms with van der Waals surface area (Å²) in [6.07, 6.45) is 3.98. The van der Waals surface area contributed by atoms with Crippen LogP contribution in [0.4, 0.5) is 5.69 Å². The van der Waals surface area contributed by atoms with Crippen LogP contribution in [0.2, 0.25) is 0 Å². The minimum absolute atomic E-state index is 0.0480. The Morgan fingerprint density at radius 2 is 1.62 bits per heavy atom. The molecule has 1 N–H and O–H groups in total. The number of rotatable bonds is 4. The van der Waals surface area contributed by atoms with E-state index in [2.05, 4.69) is 107 Å². The van der Waals surface area contributed by atoms with E-state index in [9.17, 15) is 0 Å². The summed E-state index contributed by atoms with van der Waals surface area (Å²) < 4.78 is 2.28. The molecule has 0 bridgehead atoms. The first-order valence-electron chi connectivity index (χ1n) is 10.8. The number of benzene rings is 2. The van der Waals surface area contributed by atoms with Crippen molar-refractivity contribution in [1.29, 1.82) is 0 Å². The zero-order valence-corrected chi connectivity index (χ0v) is 19.3. The second kappa shape index (κ2) is 8.24. The summed E-state index contributed by atoms with van der Waals surface area (Å²) in [5, 5.41) is 4.29. The van der Waals surface area contributed by atoms with Gasteiger partial charge >= 0.3 is 0 Å². The maximum atomic E-state index is 5.90. The van der Waals surface area contributed by atoms with Crippen LogP contribution in [0.25, 0.3) is 5.69 Å². The molecule has 0 spiro atoms. The van der Waals surface area contributed by atoms with Crippen LogP contribution in [0.1, 0.15) is 40.2 Å². The van der Waals surface area contributed by atoms with Crippen LogP contribution in [0.5, 0.6) is 0 Å². The lowest BCUT2D eigenvalue weighted by molar-refractivity contribution is 0.549. The summed E-state index contributed by atoms with van der Waals surface area (Å²) in [6.45, 7) is 6.41. The zero-order valence-electron chi connectivity index (χ0n) is 18.5. The SMILES string of the molecule is Cc1cc(C)cc(N2C(=S)N[C@@H](c3ccccn3)[C@@H]2c2cccn2-c2ccccc2C)c1. The molecule has 32 heavy (non-hydrogen) atoms. The van der Waals surface area contributed by atoms with Crippen LogP contribution in [0.15, 0.2) is 85.2 Å². The fourth-order valence-corrected chi connectivity index (χ4v) is 5.06. The average molecular weight is 439 g/mol. The molecular weight excluding hydrogens is 412 g/mol. The lowest BCUT2D eigenvalue weighted by Gasteiger charge is -2.29. The first-order valence-corrected chi connectivity index (χ1v) is 11.3. The van der Waals surface area contributed by atoms with Crippen LogP contribution in [0.3, 0.4) is 0 Å². The minimum Gasteiger partial charge on any atom is -0.351 e. The summed E-state index contributed by atoms with van der Waals surface area (Å²) >= 11 is 5.90. The fraction of sp³-hybridized carbons (Fsp3) is 0.185. The van der Waals surface area contributed by atoms with Crippen LogP contribution in [-0.4, -0.2) is 14.7 Å². The number of nitrogens with one attached hydrogen (secondary N) is 1. The van der Waals surface area contributed by atoms with E-state index in [0.29, 0.717) is 5.11 Å². The van der Waals surface area contributed by atoms with Gasteiger partial charge in [0.15, 0.2) is 5.11 Å². The van der Waals surface area contributed by atoms with Crippen molar-refractivity contribution in [1.82, 2.24) is 14.9 Å². The molecule has 2 aromatic heterocycles. The van der Waals surface area contributed by atoms with E-state index in [1.807, 2.05) is 18.3 Å². The van der Waals surface area contributed by atoms with Gasteiger partial charge in [0.1, 0.15) is 6.04 Å². The van der Waals surface area contributed by atoms with Crippen molar-refractivity contribution in [3.8, 4) is 5.69 Å². The number of anilines is 1. The van der Waals surface area contributed by atoms with Crippen LogP contribution >= 0.6 is 12.2 Å². The van der Waals surface area contributed by atoms with Gasteiger partial charge < -0.3 is 14.8 Å². The van der Waals surface area contributed by atoms with E-state index < -0.39 is 0 Å². The van der Waals surface area contributed by atoms with Crippen molar-refractivity contribution < 1.29 is 0 Å². The number of hydrogen-bond acceptors (Lipinski definition) is 2. The maximum Gasteiger partial charge on any atom is 0.174 e. The van der Waals surface area contributed by atoms with Crippen molar-refractivity contribution in [2.45, 2.75) is 32.9 Å². The van der Waals surface area contributed by atoms with Crippen molar-refractivity contribution in [2.75, 3.05) is 4.90 Å². The standard InChI is InChI=1S/C27H26N4S/c1-18-15-19(2)17-21(16-18)31-26(25(29-27(31)32)22-10-6-7-13-28-22)24-12-8-14-30(24)23-11-5-4-9-20(23)3/h4-17,25-26H,1-3H3,(H,29,32)/t25-,26-/m0/s1. The second-order valence-corrected chi connectivity index (χ2v) is 8.82. The molecule has 3 heterocycles. The van der Waals surface area contributed by atoms with Gasteiger partial charge in [-0.3, -0.25) is 4.98 Å². The van der Waals surface area contributed by atoms with Gasteiger partial charge in [-0.1, -0.05) is 30.3 Å². The van der Waals surface area contributed by atoms with Crippen molar-refractivity contribution >= 4 is 23.0 Å². The van der Waals surface area contributed by atoms with E-state index in [-0.39, 0.29) is 12.1 Å². The molecule has 1 aliphatic heterocycles. The smallest absolute Gasteiger partial charge is 0.174 e. The highest BCUT2D eigenvalue weighted by atomic mass is 32.1. The van der Waals surface area contributed by atoms with Crippen molar-refractivity contribution in [2.24, 2.45) is 0 Å². The van der Waals surface area contributed by atoms with Gasteiger partial charge in [0.05, 0.1) is 11.7 Å². The molecule has 4 nitrogen and oxygen atoms in total. The molecule has 0 unspecified atom stereocenters. The first-order chi connectivity index (χ1) is 15.5. The first kappa shape index (κ1) is 20.5. The normalized spacial score (nSPS) is 18.1. The average Bonchev–Trinajstić information content (AvgIpc) is 3.38. The monoisotopic (exact) mass is 438 g/mol. The van der Waals surface area contributed by atoms with E-state index >= 15 is 0 Å². The number of aryl methyl sites for hydroxylation is 3. The molecule has 5 rings (SSSR count). The van der Waals surface area contributed by atoms with E-state index in [1.165, 1.54) is 28.1 Å². The van der Waals surface area contributed by atoms with Gasteiger partial charge in [-0.15, -0.1) is 0 Å². The number of nitrogens with zero attached hydrogens (tertiary/aromatic N) is 3. The number of para-hydroxylation sites is 1. The third-order valence-corrected chi connectivity index (χ3v) is 6.36. The Kier molecular flexibility index (Phi) is 5.27. The van der Waals surface area contributed by atoms with Gasteiger partial charge in [-0.25, -0.2) is 0 Å². The van der Waals surface area contributed by atoms with Crippen LogP contribution in [-0.2, 0) is 0 Å². The van der Waals surface area contributed by atoms with E-state index in [0.717, 1.165) is 11.4 Å². The Labute approximate surface area is 194 Å². The molecule has 5 heteroatoms. The predicted octanol–water partition coefficient (Wildman–Crippen LogP) is 5.97. The van der Waals surface area contributed by atoms with Gasteiger partial charge in [-0.2, -0.15) is 0 Å². The fourth-order valence-electron chi connectivity index (χ4n) is 4.71. The minimum atomic E-state index is -0.0674. The molecule has 2 aromatic carbocycles. The molecular formula is C27H26N4S. The Balaban J connectivity index is 1.70. The van der Waals surface area contributed by atoms with Crippen LogP contribution in [0, 0.1) is 20.8 Å². The Bertz CT molecular complexity index is 1260. The second-order valence-electron chi connectivity index (χ2n) is 8.43. The third kappa shape index (κ3) is 3.59. The number of thiocarbonyl (C=S) groups is 1. The molecule has 0 saturated carbocycles. The van der Waals surface area contributed by atoms with Crippen molar-refractivity contribution in [3.63, 3.8) is 0 Å². The Morgan fingerprint density at radius 1 is 0.875 bits per heavy atom. The lowest BCUT2D eigenvalue weighted by Crippen LogP contribution is -2.30. The summed E-state index contributed by atoms with van der Waals surface area (Å²) in [6, 6.07) is 25.3. The predicted molar refractivity (Wildman–Crippen MR) is 134 cm³/mol. The topological polar surface area (TPSA) is 33.1 Å². The quantitative estimate of drug-likeness (QED) is 0.398. The lowest BCUT2D eigenvalue weighted by atomic mass is 10.00. The number of aromatic nitrogens is 2. The maximum absolute atomic E-state index is 5.90. The summed E-state index contributed by atoms with van der Waals surface area (Å²) in [5.74, 6) is 0. The molecule has 1 saturated heterocycles. The van der Waals surface area contributed by atoms with E-state index in [4.69, 9.17) is 12.2 Å². The molecule has 1 aliphatic rings. The molecule has 0 amide bonds. The molecule has 4 aromatic rings. The third-order valence-electron chi connectivity index (χ3n) is 6.04. The highest BCUT2D eigenvalue weighted by Crippen LogP contribution is 2.42. The number of pyridine rings is 1. The van der Waals surface area contributed by atoms with Gasteiger partial charge in [0.2, 0.25) is 0 Å². The molecule has 160 valence electrons. The highest BCUT2D eigenvalue weighted by molar-refractivity contribution is 7.80. The van der Waals surface area contributed by atoms with Gasteiger partial charge in [0, 0.05) is 29.5 Å². The summed E-state index contributed by atoms with van der Waals surface area (Å²) in [5.41, 5.74) is 8.08. The summed E-state index contributed by atoms with van der Waals surface area (Å²) in [7, 11) is 0. The van der Waals surface area contributed by atoms with Crippen molar-refractivity contribution in [3.05, 3.63) is 113 Å². The number of hydrogen-bond donors (Lipinski definition) is 1. The summed E-state index contributed by atoms with van der Waals surface area (Å²) in [4.78, 5) is 6.93.